The van der Waals surface area contributed by atoms with Gasteiger partial charge in [0.05, 0.1) is 11.3 Å². The third kappa shape index (κ3) is 5.30. The Morgan fingerprint density at radius 3 is 2.21 bits per heavy atom. The first kappa shape index (κ1) is 23.1. The molecule has 0 heterocycles. The van der Waals surface area contributed by atoms with Gasteiger partial charge in [-0.3, -0.25) is 9.59 Å². The van der Waals surface area contributed by atoms with E-state index in [4.69, 9.17) is 10.2 Å². The van der Waals surface area contributed by atoms with Gasteiger partial charge in [-0.05, 0) is 19.1 Å². The molecule has 1 atom stereocenters. The Kier molecular flexibility index (Phi) is 8.15. The first-order chi connectivity index (χ1) is 13.2. The van der Waals surface area contributed by atoms with E-state index in [2.05, 4.69) is 13.2 Å². The summed E-state index contributed by atoms with van der Waals surface area (Å²) in [6, 6.07) is 8.16. The highest BCUT2D eigenvalue weighted by Crippen LogP contribution is 2.30. The molecule has 0 bridgehead atoms. The Hall–Kier alpha value is -2.91. The standard InChI is InChI=1S/C17H20N2O6S.C2H4/c1-3-19(2)14-8-4-7-12-11(14)6-5-9-15(12)26(24,25)18-13(17(22)23)10-16(20)21;1-2/h4-9,13,18H,3,10H2,1-2H3,(H,20,21)(H,22,23);1-2H2. The fourth-order valence-corrected chi connectivity index (χ4v) is 4.02. The Morgan fingerprint density at radius 2 is 1.68 bits per heavy atom. The van der Waals surface area contributed by atoms with Crippen molar-refractivity contribution in [1.82, 2.24) is 4.72 Å². The third-order valence-electron chi connectivity index (χ3n) is 4.01. The van der Waals surface area contributed by atoms with Crippen LogP contribution >= 0.6 is 0 Å². The molecule has 28 heavy (non-hydrogen) atoms. The fraction of sp³-hybridized carbons (Fsp3) is 0.263. The molecule has 2 rings (SSSR count). The van der Waals surface area contributed by atoms with E-state index in [1.54, 1.807) is 24.3 Å². The minimum Gasteiger partial charge on any atom is -0.481 e. The summed E-state index contributed by atoms with van der Waals surface area (Å²) in [6.45, 7) is 8.68. The minimum absolute atomic E-state index is 0.0991. The molecule has 3 N–H and O–H groups in total. The van der Waals surface area contributed by atoms with E-state index in [1.807, 2.05) is 29.7 Å². The molecule has 8 nitrogen and oxygen atoms in total. The van der Waals surface area contributed by atoms with Crippen molar-refractivity contribution in [3.8, 4) is 0 Å². The van der Waals surface area contributed by atoms with Crippen molar-refractivity contribution in [2.45, 2.75) is 24.3 Å². The van der Waals surface area contributed by atoms with Gasteiger partial charge < -0.3 is 15.1 Å². The zero-order valence-corrected chi connectivity index (χ0v) is 16.6. The molecular weight excluding hydrogens is 384 g/mol. The number of anilines is 1. The second-order valence-electron chi connectivity index (χ2n) is 5.75. The second-order valence-corrected chi connectivity index (χ2v) is 7.43. The molecular formula is C19H24N2O6S. The van der Waals surface area contributed by atoms with E-state index >= 15 is 0 Å². The molecule has 0 aliphatic heterocycles. The van der Waals surface area contributed by atoms with Gasteiger partial charge in [-0.2, -0.15) is 4.72 Å². The molecule has 2 aromatic rings. The van der Waals surface area contributed by atoms with Crippen LogP contribution in [-0.4, -0.2) is 50.2 Å². The van der Waals surface area contributed by atoms with Crippen LogP contribution < -0.4 is 9.62 Å². The molecule has 9 heteroatoms. The van der Waals surface area contributed by atoms with Crippen LogP contribution in [0.5, 0.6) is 0 Å². The van der Waals surface area contributed by atoms with Gasteiger partial charge in [-0.1, -0.05) is 24.3 Å². The second kappa shape index (κ2) is 9.86. The third-order valence-corrected chi connectivity index (χ3v) is 5.54. The lowest BCUT2D eigenvalue weighted by Crippen LogP contribution is -2.42. The van der Waals surface area contributed by atoms with Crippen molar-refractivity contribution in [2.75, 3.05) is 18.5 Å². The molecule has 0 aromatic heterocycles. The summed E-state index contributed by atoms with van der Waals surface area (Å²) in [5.74, 6) is -2.97. The topological polar surface area (TPSA) is 124 Å². The number of rotatable bonds is 8. The van der Waals surface area contributed by atoms with E-state index in [-0.39, 0.29) is 4.90 Å². The SMILES string of the molecule is C=C.CCN(C)c1cccc2c(S(=O)(=O)NC(CC(=O)O)C(=O)O)cccc12. The molecule has 0 fully saturated rings. The van der Waals surface area contributed by atoms with E-state index in [1.165, 1.54) is 6.07 Å². The van der Waals surface area contributed by atoms with E-state index in [9.17, 15) is 18.0 Å². The molecule has 2 aromatic carbocycles. The van der Waals surface area contributed by atoms with E-state index in [0.717, 1.165) is 5.69 Å². The molecule has 0 saturated heterocycles. The molecule has 0 aliphatic rings. The first-order valence-electron chi connectivity index (χ1n) is 8.37. The van der Waals surface area contributed by atoms with Crippen LogP contribution in [0.2, 0.25) is 0 Å². The number of carbonyl (C=O) groups is 2. The molecule has 152 valence electrons. The number of sulfonamides is 1. The highest BCUT2D eigenvalue weighted by Gasteiger charge is 2.28. The number of benzene rings is 2. The number of aliphatic carboxylic acids is 2. The van der Waals surface area contributed by atoms with Gasteiger partial charge in [-0.15, -0.1) is 13.2 Å². The van der Waals surface area contributed by atoms with Gasteiger partial charge in [0, 0.05) is 30.1 Å². The summed E-state index contributed by atoms with van der Waals surface area (Å²) in [4.78, 5) is 23.8. The van der Waals surface area contributed by atoms with Crippen LogP contribution in [-0.2, 0) is 19.6 Å². The van der Waals surface area contributed by atoms with Crippen LogP contribution in [0.1, 0.15) is 13.3 Å². The smallest absolute Gasteiger partial charge is 0.322 e. The largest absolute Gasteiger partial charge is 0.481 e. The van der Waals surface area contributed by atoms with E-state index < -0.39 is 34.4 Å². The zero-order valence-electron chi connectivity index (χ0n) is 15.8. The molecule has 0 amide bonds. The quantitative estimate of drug-likeness (QED) is 0.573. The van der Waals surface area contributed by atoms with Gasteiger partial charge in [0.15, 0.2) is 0 Å². The first-order valence-corrected chi connectivity index (χ1v) is 9.85. The average molecular weight is 408 g/mol. The predicted molar refractivity (Wildman–Crippen MR) is 108 cm³/mol. The zero-order chi connectivity index (χ0) is 21.5. The van der Waals surface area contributed by atoms with Crippen LogP contribution in [0.3, 0.4) is 0 Å². The molecule has 0 aliphatic carbocycles. The van der Waals surface area contributed by atoms with Crippen molar-refractivity contribution in [1.29, 1.82) is 0 Å². The monoisotopic (exact) mass is 408 g/mol. The van der Waals surface area contributed by atoms with Gasteiger partial charge in [-0.25, -0.2) is 8.42 Å². The Morgan fingerprint density at radius 1 is 1.11 bits per heavy atom. The number of fused-ring (bicyclic) bond motifs is 1. The van der Waals surface area contributed by atoms with Gasteiger partial charge >= 0.3 is 11.9 Å². The van der Waals surface area contributed by atoms with Crippen LogP contribution in [0.25, 0.3) is 10.8 Å². The van der Waals surface area contributed by atoms with E-state index in [0.29, 0.717) is 17.3 Å². The Balaban J connectivity index is 0.00000190. The molecule has 0 radical (unpaired) electrons. The summed E-state index contributed by atoms with van der Waals surface area (Å²) in [5.41, 5.74) is 0.836. The van der Waals surface area contributed by atoms with Crippen molar-refractivity contribution < 1.29 is 28.2 Å². The van der Waals surface area contributed by atoms with Crippen LogP contribution in [0, 0.1) is 0 Å². The maximum atomic E-state index is 12.7. The van der Waals surface area contributed by atoms with Crippen LogP contribution in [0.15, 0.2) is 54.5 Å². The Labute approximate surface area is 164 Å². The predicted octanol–water partition coefficient (Wildman–Crippen LogP) is 2.30. The van der Waals surface area contributed by atoms with Crippen LogP contribution in [0.4, 0.5) is 5.69 Å². The maximum absolute atomic E-state index is 12.7. The number of nitrogens with one attached hydrogen (secondary N) is 1. The van der Waals surface area contributed by atoms with Crippen molar-refractivity contribution in [2.24, 2.45) is 0 Å². The highest BCUT2D eigenvalue weighted by atomic mass is 32.2. The number of hydrogen-bond acceptors (Lipinski definition) is 5. The lowest BCUT2D eigenvalue weighted by atomic mass is 10.1. The summed E-state index contributed by atoms with van der Waals surface area (Å²) in [6.07, 6.45) is -0.858. The summed E-state index contributed by atoms with van der Waals surface area (Å²) < 4.78 is 27.4. The molecule has 0 saturated carbocycles. The normalized spacial score (nSPS) is 11.9. The highest BCUT2D eigenvalue weighted by molar-refractivity contribution is 7.89. The Bertz CT molecular complexity index is 958. The summed E-state index contributed by atoms with van der Waals surface area (Å²) >= 11 is 0. The van der Waals surface area contributed by atoms with Crippen molar-refractivity contribution >= 4 is 38.4 Å². The lowest BCUT2D eigenvalue weighted by molar-refractivity contribution is -0.145. The number of carboxylic acids is 2. The maximum Gasteiger partial charge on any atom is 0.322 e. The van der Waals surface area contributed by atoms with Gasteiger partial charge in [0.1, 0.15) is 6.04 Å². The average Bonchev–Trinajstić information content (AvgIpc) is 2.66. The van der Waals surface area contributed by atoms with Crippen molar-refractivity contribution in [3.63, 3.8) is 0 Å². The lowest BCUT2D eigenvalue weighted by Gasteiger charge is -2.20. The molecule has 0 spiro atoms. The fourth-order valence-electron chi connectivity index (χ4n) is 2.61. The van der Waals surface area contributed by atoms with Crippen molar-refractivity contribution in [3.05, 3.63) is 49.6 Å². The summed E-state index contributed by atoms with van der Waals surface area (Å²) in [7, 11) is -2.36. The van der Waals surface area contributed by atoms with Gasteiger partial charge in [0.2, 0.25) is 10.0 Å². The molecule has 1 unspecified atom stereocenters. The number of carboxylic acid groups (broad SMARTS) is 2. The number of nitrogens with zero attached hydrogens (tertiary/aromatic N) is 1. The van der Waals surface area contributed by atoms with Gasteiger partial charge in [0.25, 0.3) is 0 Å². The number of hydrogen-bond donors (Lipinski definition) is 3. The summed E-state index contributed by atoms with van der Waals surface area (Å²) in [5, 5.41) is 19.0. The minimum atomic E-state index is -4.24.